The summed E-state index contributed by atoms with van der Waals surface area (Å²) >= 11 is 3.78. The number of hydrogen-bond acceptors (Lipinski definition) is 2. The number of methoxy groups -OCH3 is 1. The van der Waals surface area contributed by atoms with E-state index in [4.69, 9.17) is 9.47 Å². The molecule has 1 fully saturated rings. The van der Waals surface area contributed by atoms with Gasteiger partial charge in [-0.1, -0.05) is 50.5 Å². The van der Waals surface area contributed by atoms with E-state index in [1.54, 1.807) is 7.11 Å². The van der Waals surface area contributed by atoms with Gasteiger partial charge in [-0.3, -0.25) is 0 Å². The van der Waals surface area contributed by atoms with E-state index in [9.17, 15) is 0 Å². The molecule has 118 valence electrons. The van der Waals surface area contributed by atoms with E-state index >= 15 is 0 Å². The minimum Gasteiger partial charge on any atom is -0.497 e. The number of alkyl halides is 1. The topological polar surface area (TPSA) is 18.5 Å². The van der Waals surface area contributed by atoms with Crippen LogP contribution in [-0.2, 0) is 5.41 Å². The molecule has 0 heterocycles. The zero-order valence-electron chi connectivity index (χ0n) is 14.0. The van der Waals surface area contributed by atoms with Gasteiger partial charge in [-0.2, -0.15) is 0 Å². The molecular formula is C18H27BrO2. The highest BCUT2D eigenvalue weighted by molar-refractivity contribution is 9.09. The first-order valence-corrected chi connectivity index (χ1v) is 8.63. The Hall–Kier alpha value is -0.700. The lowest BCUT2D eigenvalue weighted by molar-refractivity contribution is -0.0253. The molecule has 1 aromatic rings. The van der Waals surface area contributed by atoms with Crippen molar-refractivity contribution in [3.63, 3.8) is 0 Å². The van der Waals surface area contributed by atoms with Crippen molar-refractivity contribution >= 4 is 15.9 Å². The van der Waals surface area contributed by atoms with Crippen LogP contribution in [0.3, 0.4) is 0 Å². The molecule has 0 aliphatic heterocycles. The minimum atomic E-state index is 0.0318. The van der Waals surface area contributed by atoms with Crippen LogP contribution in [0.5, 0.6) is 11.5 Å². The Balaban J connectivity index is 2.29. The van der Waals surface area contributed by atoms with Gasteiger partial charge in [0.15, 0.2) is 0 Å². The van der Waals surface area contributed by atoms with E-state index in [2.05, 4.69) is 62.7 Å². The lowest BCUT2D eigenvalue weighted by atomic mass is 9.65. The molecule has 3 unspecified atom stereocenters. The van der Waals surface area contributed by atoms with Crippen molar-refractivity contribution in [2.75, 3.05) is 7.11 Å². The minimum absolute atomic E-state index is 0.0318. The Morgan fingerprint density at radius 3 is 2.48 bits per heavy atom. The van der Waals surface area contributed by atoms with Gasteiger partial charge in [0.1, 0.15) is 17.6 Å². The van der Waals surface area contributed by atoms with Crippen LogP contribution in [0.25, 0.3) is 0 Å². The molecule has 0 N–H and O–H groups in total. The second kappa shape index (κ2) is 5.83. The molecule has 0 spiro atoms. The summed E-state index contributed by atoms with van der Waals surface area (Å²) in [7, 11) is 1.71. The lowest BCUT2D eigenvalue weighted by Crippen LogP contribution is -2.54. The standard InChI is InChI=1S/C18H27BrO2/c1-7-18(5)15(19)11-16(18)21-14-9-8-12(20-6)10-13(14)17(2,3)4/h8-10,15-16H,7,11H2,1-6H3. The summed E-state index contributed by atoms with van der Waals surface area (Å²) < 4.78 is 11.8. The smallest absolute Gasteiger partial charge is 0.123 e. The molecule has 3 atom stereocenters. The quantitative estimate of drug-likeness (QED) is 0.680. The first kappa shape index (κ1) is 16.7. The fraction of sp³-hybridized carbons (Fsp3) is 0.667. The van der Waals surface area contributed by atoms with Gasteiger partial charge in [-0.05, 0) is 36.5 Å². The van der Waals surface area contributed by atoms with Crippen LogP contribution in [0.2, 0.25) is 0 Å². The maximum Gasteiger partial charge on any atom is 0.123 e. The average Bonchev–Trinajstić information content (AvgIpc) is 2.45. The monoisotopic (exact) mass is 354 g/mol. The van der Waals surface area contributed by atoms with E-state index in [-0.39, 0.29) is 16.9 Å². The summed E-state index contributed by atoms with van der Waals surface area (Å²) in [4.78, 5) is 0.552. The third kappa shape index (κ3) is 3.08. The summed E-state index contributed by atoms with van der Waals surface area (Å²) in [5.74, 6) is 1.88. The highest BCUT2D eigenvalue weighted by Crippen LogP contribution is 2.51. The van der Waals surface area contributed by atoms with Gasteiger partial charge < -0.3 is 9.47 Å². The summed E-state index contributed by atoms with van der Waals surface area (Å²) in [5.41, 5.74) is 1.46. The van der Waals surface area contributed by atoms with Crippen LogP contribution >= 0.6 is 15.9 Å². The van der Waals surface area contributed by atoms with Crippen molar-refractivity contribution in [1.82, 2.24) is 0 Å². The van der Waals surface area contributed by atoms with Crippen molar-refractivity contribution in [3.05, 3.63) is 23.8 Å². The fourth-order valence-corrected chi connectivity index (χ4v) is 3.84. The van der Waals surface area contributed by atoms with Crippen LogP contribution in [0.4, 0.5) is 0 Å². The molecule has 21 heavy (non-hydrogen) atoms. The van der Waals surface area contributed by atoms with Crippen molar-refractivity contribution in [3.8, 4) is 11.5 Å². The largest absolute Gasteiger partial charge is 0.497 e. The van der Waals surface area contributed by atoms with E-state index in [1.165, 1.54) is 5.56 Å². The number of halogens is 1. The SMILES string of the molecule is CCC1(C)C(Br)CC1Oc1ccc(OC)cc1C(C)(C)C. The summed E-state index contributed by atoms with van der Waals surface area (Å²) in [6.45, 7) is 11.2. The van der Waals surface area contributed by atoms with E-state index < -0.39 is 0 Å². The molecule has 0 amide bonds. The number of rotatable bonds is 4. The van der Waals surface area contributed by atoms with Crippen molar-refractivity contribution < 1.29 is 9.47 Å². The summed E-state index contributed by atoms with van der Waals surface area (Å²) in [6.07, 6.45) is 2.47. The Bertz CT molecular complexity index is 506. The van der Waals surface area contributed by atoms with Gasteiger partial charge >= 0.3 is 0 Å². The predicted molar refractivity (Wildman–Crippen MR) is 91.8 cm³/mol. The maximum absolute atomic E-state index is 6.40. The predicted octanol–water partition coefficient (Wildman–Crippen LogP) is 5.32. The third-order valence-electron chi connectivity index (χ3n) is 4.90. The van der Waals surface area contributed by atoms with Gasteiger partial charge in [0.2, 0.25) is 0 Å². The van der Waals surface area contributed by atoms with Gasteiger partial charge in [-0.25, -0.2) is 0 Å². The molecule has 1 saturated carbocycles. The number of hydrogen-bond donors (Lipinski definition) is 0. The zero-order chi connectivity index (χ0) is 15.8. The van der Waals surface area contributed by atoms with Gasteiger partial charge in [0.25, 0.3) is 0 Å². The van der Waals surface area contributed by atoms with Gasteiger partial charge in [0.05, 0.1) is 7.11 Å². The molecule has 0 aromatic heterocycles. The van der Waals surface area contributed by atoms with Crippen LogP contribution in [0.15, 0.2) is 18.2 Å². The molecule has 0 radical (unpaired) electrons. The lowest BCUT2D eigenvalue weighted by Gasteiger charge is -2.51. The van der Waals surface area contributed by atoms with Crippen LogP contribution in [-0.4, -0.2) is 18.0 Å². The van der Waals surface area contributed by atoms with Crippen LogP contribution in [0, 0.1) is 5.41 Å². The first-order chi connectivity index (χ1) is 9.72. The Labute approximate surface area is 137 Å². The molecule has 3 heteroatoms. The third-order valence-corrected chi connectivity index (χ3v) is 6.32. The second-order valence-electron chi connectivity index (χ2n) is 7.28. The van der Waals surface area contributed by atoms with Crippen molar-refractivity contribution in [1.29, 1.82) is 0 Å². The highest BCUT2D eigenvalue weighted by Gasteiger charge is 2.51. The normalized spacial score (nSPS) is 28.9. The number of ether oxygens (including phenoxy) is 2. The fourth-order valence-electron chi connectivity index (χ4n) is 2.88. The Kier molecular flexibility index (Phi) is 4.63. The molecule has 0 bridgehead atoms. The molecule has 1 aliphatic rings. The Morgan fingerprint density at radius 1 is 1.33 bits per heavy atom. The Morgan fingerprint density at radius 2 is 2.00 bits per heavy atom. The molecule has 2 nitrogen and oxygen atoms in total. The maximum atomic E-state index is 6.40. The summed E-state index contributed by atoms with van der Waals surface area (Å²) in [6, 6.07) is 6.14. The second-order valence-corrected chi connectivity index (χ2v) is 8.39. The molecular weight excluding hydrogens is 328 g/mol. The van der Waals surface area contributed by atoms with Gasteiger partial charge in [-0.15, -0.1) is 0 Å². The van der Waals surface area contributed by atoms with Crippen LogP contribution < -0.4 is 9.47 Å². The van der Waals surface area contributed by atoms with E-state index in [1.807, 2.05) is 6.07 Å². The van der Waals surface area contributed by atoms with E-state index in [0.29, 0.717) is 4.83 Å². The molecule has 2 rings (SSSR count). The molecule has 1 aliphatic carbocycles. The number of benzene rings is 1. The van der Waals surface area contributed by atoms with Crippen LogP contribution in [0.1, 0.15) is 53.0 Å². The van der Waals surface area contributed by atoms with Gasteiger partial charge in [0, 0.05) is 15.8 Å². The van der Waals surface area contributed by atoms with E-state index in [0.717, 1.165) is 24.3 Å². The average molecular weight is 355 g/mol. The van der Waals surface area contributed by atoms with Crippen molar-refractivity contribution in [2.24, 2.45) is 5.41 Å². The van der Waals surface area contributed by atoms with Crippen molar-refractivity contribution in [2.45, 2.75) is 63.8 Å². The zero-order valence-corrected chi connectivity index (χ0v) is 15.6. The summed E-state index contributed by atoms with van der Waals surface area (Å²) in [5, 5.41) is 0. The molecule has 1 aromatic carbocycles. The molecule has 0 saturated heterocycles. The first-order valence-electron chi connectivity index (χ1n) is 7.71. The highest BCUT2D eigenvalue weighted by atomic mass is 79.9.